The van der Waals surface area contributed by atoms with E-state index in [-0.39, 0.29) is 51.4 Å². The molecular formula is C9H7K. The minimum Gasteiger partial charge on any atom is -0.168 e. The van der Waals surface area contributed by atoms with Crippen LogP contribution in [-0.4, -0.2) is 0 Å². The van der Waals surface area contributed by atoms with Crippen molar-refractivity contribution in [1.82, 2.24) is 0 Å². The summed E-state index contributed by atoms with van der Waals surface area (Å²) in [4.78, 5) is 0. The zero-order valence-electron chi connectivity index (χ0n) is 6.04. The second-order valence-electron chi connectivity index (χ2n) is 2.15. The maximum absolute atomic E-state index is 2.12. The second kappa shape index (κ2) is 3.74. The van der Waals surface area contributed by atoms with E-state index in [1.165, 1.54) is 10.8 Å². The van der Waals surface area contributed by atoms with Gasteiger partial charge >= 0.3 is 51.4 Å². The van der Waals surface area contributed by atoms with Crippen molar-refractivity contribution in [3.05, 3.63) is 42.5 Å². The van der Waals surface area contributed by atoms with Crippen LogP contribution in [0.3, 0.4) is 0 Å². The molecule has 0 aliphatic carbocycles. The van der Waals surface area contributed by atoms with E-state index < -0.39 is 0 Å². The van der Waals surface area contributed by atoms with E-state index in [4.69, 9.17) is 0 Å². The summed E-state index contributed by atoms with van der Waals surface area (Å²) < 4.78 is 0. The Hall–Kier alpha value is 0.466. The van der Waals surface area contributed by atoms with Gasteiger partial charge in [0.25, 0.3) is 0 Å². The van der Waals surface area contributed by atoms with Crippen molar-refractivity contribution in [2.24, 2.45) is 0 Å². The van der Waals surface area contributed by atoms with Crippen molar-refractivity contribution in [1.29, 1.82) is 0 Å². The molecule has 10 heavy (non-hydrogen) atoms. The van der Waals surface area contributed by atoms with E-state index in [1.807, 2.05) is 0 Å². The predicted molar refractivity (Wildman–Crippen MR) is 39.5 cm³/mol. The third kappa shape index (κ3) is 1.55. The topological polar surface area (TPSA) is 0 Å². The van der Waals surface area contributed by atoms with Gasteiger partial charge in [-0.25, -0.2) is 0 Å². The van der Waals surface area contributed by atoms with Crippen molar-refractivity contribution >= 4 is 10.8 Å². The number of hydrogen-bond acceptors (Lipinski definition) is 0. The van der Waals surface area contributed by atoms with E-state index in [0.29, 0.717) is 0 Å². The Morgan fingerprint density at radius 2 is 1.80 bits per heavy atom. The molecule has 0 aromatic heterocycles. The normalized spacial score (nSPS) is 9.20. The van der Waals surface area contributed by atoms with Crippen LogP contribution in [-0.2, 0) is 0 Å². The number of fused-ring (bicyclic) bond motifs is 1. The Morgan fingerprint density at radius 3 is 2.60 bits per heavy atom. The Morgan fingerprint density at radius 1 is 1.00 bits per heavy atom. The summed E-state index contributed by atoms with van der Waals surface area (Å²) >= 11 is 0. The second-order valence-corrected chi connectivity index (χ2v) is 2.15. The quantitative estimate of drug-likeness (QED) is 0.356. The monoisotopic (exact) mass is 154 g/mol. The smallest absolute Gasteiger partial charge is 0.168 e. The van der Waals surface area contributed by atoms with Gasteiger partial charge in [-0.2, -0.15) is 17.5 Å². The zero-order valence-corrected chi connectivity index (χ0v) is 9.16. The van der Waals surface area contributed by atoms with Gasteiger partial charge in [-0.1, -0.05) is 6.07 Å². The third-order valence-corrected chi connectivity index (χ3v) is 1.55. The SMILES string of the molecule is [K+].c1ccc2[cH-]ccc2c1. The van der Waals surface area contributed by atoms with Gasteiger partial charge in [0.1, 0.15) is 0 Å². The summed E-state index contributed by atoms with van der Waals surface area (Å²) in [7, 11) is 0. The first kappa shape index (κ1) is 8.56. The van der Waals surface area contributed by atoms with Crippen LogP contribution in [0.2, 0.25) is 0 Å². The van der Waals surface area contributed by atoms with Crippen LogP contribution in [0.15, 0.2) is 42.5 Å². The fraction of sp³-hybridized carbons (Fsp3) is 0. The molecule has 0 nitrogen and oxygen atoms in total. The molecule has 0 heterocycles. The first-order valence-electron chi connectivity index (χ1n) is 3.07. The van der Waals surface area contributed by atoms with Crippen LogP contribution in [0.25, 0.3) is 10.8 Å². The van der Waals surface area contributed by atoms with E-state index in [0.717, 1.165) is 0 Å². The summed E-state index contributed by atoms with van der Waals surface area (Å²) in [5.41, 5.74) is 0. The van der Waals surface area contributed by atoms with Gasteiger partial charge in [-0.3, -0.25) is 0 Å². The molecular weight excluding hydrogens is 147 g/mol. The van der Waals surface area contributed by atoms with Gasteiger partial charge in [0.15, 0.2) is 0 Å². The van der Waals surface area contributed by atoms with Crippen LogP contribution < -0.4 is 51.4 Å². The molecule has 0 amide bonds. The molecule has 0 spiro atoms. The number of benzene rings is 1. The standard InChI is InChI=1S/C9H7.K/c1-2-5-9-7-3-6-8(9)4-1;/h1-7H;/q-1;+1. The molecule has 0 atom stereocenters. The van der Waals surface area contributed by atoms with Crippen LogP contribution in [0.1, 0.15) is 0 Å². The molecule has 0 aliphatic heterocycles. The Labute approximate surface area is 103 Å². The molecule has 0 N–H and O–H groups in total. The van der Waals surface area contributed by atoms with E-state index in [2.05, 4.69) is 42.5 Å². The molecule has 44 valence electrons. The van der Waals surface area contributed by atoms with E-state index in [9.17, 15) is 0 Å². The Bertz CT molecular complexity index is 279. The molecule has 2 rings (SSSR count). The molecule has 1 heteroatoms. The van der Waals surface area contributed by atoms with Crippen LogP contribution in [0.4, 0.5) is 0 Å². The molecule has 0 unspecified atom stereocenters. The minimum atomic E-state index is 0. The Kier molecular flexibility index (Phi) is 3.20. The van der Waals surface area contributed by atoms with Crippen molar-refractivity contribution in [3.8, 4) is 0 Å². The largest absolute Gasteiger partial charge is 1.00 e. The average Bonchev–Trinajstić information content (AvgIpc) is 2.33. The molecule has 0 saturated carbocycles. The Balaban J connectivity index is 0.000000500. The molecule has 0 saturated heterocycles. The maximum Gasteiger partial charge on any atom is 1.00 e. The summed E-state index contributed by atoms with van der Waals surface area (Å²) in [6, 6.07) is 14.7. The molecule has 0 aliphatic rings. The van der Waals surface area contributed by atoms with E-state index >= 15 is 0 Å². The average molecular weight is 154 g/mol. The molecule has 2 aromatic rings. The maximum atomic E-state index is 2.12. The number of hydrogen-bond donors (Lipinski definition) is 0. The third-order valence-electron chi connectivity index (χ3n) is 1.55. The first-order valence-corrected chi connectivity index (χ1v) is 3.07. The summed E-state index contributed by atoms with van der Waals surface area (Å²) in [5.74, 6) is 0. The molecule has 0 radical (unpaired) electrons. The summed E-state index contributed by atoms with van der Waals surface area (Å²) in [5, 5.41) is 2.66. The summed E-state index contributed by atoms with van der Waals surface area (Å²) in [6.45, 7) is 0. The first-order chi connectivity index (χ1) is 4.47. The van der Waals surface area contributed by atoms with Gasteiger partial charge in [0.05, 0.1) is 0 Å². The van der Waals surface area contributed by atoms with Crippen molar-refractivity contribution < 1.29 is 51.4 Å². The van der Waals surface area contributed by atoms with Crippen LogP contribution in [0.5, 0.6) is 0 Å². The fourth-order valence-corrected chi connectivity index (χ4v) is 1.07. The molecule has 2 aromatic carbocycles. The molecule has 0 fully saturated rings. The zero-order chi connectivity index (χ0) is 6.10. The van der Waals surface area contributed by atoms with Crippen LogP contribution >= 0.6 is 0 Å². The predicted octanol–water partition coefficient (Wildman–Crippen LogP) is -0.437. The fourth-order valence-electron chi connectivity index (χ4n) is 1.07. The van der Waals surface area contributed by atoms with Gasteiger partial charge in [0, 0.05) is 0 Å². The van der Waals surface area contributed by atoms with E-state index in [1.54, 1.807) is 0 Å². The van der Waals surface area contributed by atoms with Crippen molar-refractivity contribution in [3.63, 3.8) is 0 Å². The number of rotatable bonds is 0. The van der Waals surface area contributed by atoms with Crippen LogP contribution in [0, 0.1) is 0 Å². The van der Waals surface area contributed by atoms with Crippen molar-refractivity contribution in [2.45, 2.75) is 0 Å². The van der Waals surface area contributed by atoms with Gasteiger partial charge in [-0.05, 0) is 0 Å². The van der Waals surface area contributed by atoms with Gasteiger partial charge in [0.2, 0.25) is 0 Å². The summed E-state index contributed by atoms with van der Waals surface area (Å²) in [6.07, 6.45) is 0. The minimum absolute atomic E-state index is 0. The van der Waals surface area contributed by atoms with Crippen molar-refractivity contribution in [2.75, 3.05) is 0 Å². The van der Waals surface area contributed by atoms with Gasteiger partial charge in [-0.15, -0.1) is 29.7 Å². The molecule has 0 bridgehead atoms. The van der Waals surface area contributed by atoms with Gasteiger partial charge < -0.3 is 0 Å².